The van der Waals surface area contributed by atoms with Gasteiger partial charge in [-0.15, -0.1) is 4.13 Å². The fourth-order valence-electron chi connectivity index (χ4n) is 2.32. The minimum Gasteiger partial charge on any atom is -0.398 e. The lowest BCUT2D eigenvalue weighted by Crippen LogP contribution is -2.31. The molecule has 0 saturated carbocycles. The minimum absolute atomic E-state index is 0.148. The van der Waals surface area contributed by atoms with Crippen LogP contribution in [0.5, 0.6) is 0 Å². The summed E-state index contributed by atoms with van der Waals surface area (Å²) in [5.74, 6) is 0. The van der Waals surface area contributed by atoms with Gasteiger partial charge in [0.25, 0.3) is 20.0 Å². The number of fused-ring (bicyclic) bond motifs is 1. The molecule has 136 valence electrons. The third kappa shape index (κ3) is 3.79. The number of halogens is 2. The van der Waals surface area contributed by atoms with E-state index in [4.69, 9.17) is 5.73 Å². The standard InChI is InChI=1S/C16H12Br2N2O4S2/c17-13-9-16(14(18)8-15(13)19)26(23,24)20-25(21,22)12-6-5-10-3-1-2-4-11(10)7-12/h1-9,20H,19H2. The van der Waals surface area contributed by atoms with Crippen LogP contribution in [0.4, 0.5) is 5.69 Å². The fraction of sp³-hybridized carbons (Fsp3) is 0. The van der Waals surface area contributed by atoms with Gasteiger partial charge in [-0.2, -0.15) is 0 Å². The maximum Gasteiger partial charge on any atom is 0.254 e. The Morgan fingerprint density at radius 1 is 0.769 bits per heavy atom. The number of benzene rings is 3. The molecule has 0 atom stereocenters. The van der Waals surface area contributed by atoms with Gasteiger partial charge in [-0.05, 0) is 66.9 Å². The number of sulfonamides is 2. The summed E-state index contributed by atoms with van der Waals surface area (Å²) in [5, 5.41) is 1.53. The van der Waals surface area contributed by atoms with Crippen molar-refractivity contribution in [2.45, 2.75) is 9.79 Å². The Bertz CT molecular complexity index is 1230. The van der Waals surface area contributed by atoms with E-state index in [1.165, 1.54) is 24.3 Å². The van der Waals surface area contributed by atoms with Gasteiger partial charge >= 0.3 is 0 Å². The van der Waals surface area contributed by atoms with E-state index in [2.05, 4.69) is 31.9 Å². The molecule has 6 nitrogen and oxygen atoms in total. The Kier molecular flexibility index (Phi) is 5.15. The molecule has 0 amide bonds. The molecule has 3 aromatic rings. The van der Waals surface area contributed by atoms with Crippen molar-refractivity contribution in [3.63, 3.8) is 0 Å². The number of hydrogen-bond donors (Lipinski definition) is 2. The normalized spacial score (nSPS) is 12.4. The van der Waals surface area contributed by atoms with Gasteiger partial charge in [-0.1, -0.05) is 30.3 Å². The van der Waals surface area contributed by atoms with Gasteiger partial charge in [-0.25, -0.2) is 16.8 Å². The van der Waals surface area contributed by atoms with Crippen LogP contribution in [-0.2, 0) is 20.0 Å². The zero-order valence-electron chi connectivity index (χ0n) is 13.0. The number of anilines is 1. The quantitative estimate of drug-likeness (QED) is 0.512. The minimum atomic E-state index is -4.36. The smallest absolute Gasteiger partial charge is 0.254 e. The molecule has 0 aliphatic carbocycles. The molecule has 3 N–H and O–H groups in total. The van der Waals surface area contributed by atoms with Crippen molar-refractivity contribution >= 4 is 68.4 Å². The summed E-state index contributed by atoms with van der Waals surface area (Å²) in [6.07, 6.45) is 0. The first-order valence-electron chi connectivity index (χ1n) is 7.12. The Morgan fingerprint density at radius 2 is 1.42 bits per heavy atom. The molecule has 0 heterocycles. The summed E-state index contributed by atoms with van der Waals surface area (Å²) < 4.78 is 52.6. The third-order valence-corrected chi connectivity index (χ3v) is 8.74. The highest BCUT2D eigenvalue weighted by atomic mass is 79.9. The van der Waals surface area contributed by atoms with Crippen molar-refractivity contribution < 1.29 is 16.8 Å². The van der Waals surface area contributed by atoms with Gasteiger partial charge < -0.3 is 5.73 Å². The first kappa shape index (κ1) is 19.3. The summed E-state index contributed by atoms with van der Waals surface area (Å²) in [6, 6.07) is 14.2. The van der Waals surface area contributed by atoms with Gasteiger partial charge in [0.05, 0.1) is 9.79 Å². The number of nitrogen functional groups attached to an aromatic ring is 1. The van der Waals surface area contributed by atoms with Crippen LogP contribution in [0, 0.1) is 0 Å². The zero-order chi connectivity index (χ0) is 19.1. The van der Waals surface area contributed by atoms with Crippen LogP contribution in [0.15, 0.2) is 73.3 Å². The van der Waals surface area contributed by atoms with E-state index in [1.54, 1.807) is 22.3 Å². The molecule has 0 saturated heterocycles. The van der Waals surface area contributed by atoms with Gasteiger partial charge in [0, 0.05) is 14.6 Å². The Labute approximate surface area is 167 Å². The monoisotopic (exact) mass is 518 g/mol. The first-order valence-corrected chi connectivity index (χ1v) is 11.7. The van der Waals surface area contributed by atoms with Crippen molar-refractivity contribution in [3.8, 4) is 0 Å². The van der Waals surface area contributed by atoms with E-state index in [0.29, 0.717) is 15.5 Å². The lowest BCUT2D eigenvalue weighted by Gasteiger charge is -2.11. The maximum atomic E-state index is 12.6. The molecule has 0 fully saturated rings. The molecule has 3 aromatic carbocycles. The second-order valence-electron chi connectivity index (χ2n) is 5.40. The summed E-state index contributed by atoms with van der Waals surface area (Å²) in [4.78, 5) is -0.395. The number of nitrogens with one attached hydrogen (secondary N) is 1. The fourth-order valence-corrected chi connectivity index (χ4v) is 6.83. The molecule has 0 aliphatic rings. The topological polar surface area (TPSA) is 106 Å². The molecule has 0 aromatic heterocycles. The van der Waals surface area contributed by atoms with Crippen molar-refractivity contribution in [2.75, 3.05) is 5.73 Å². The highest BCUT2D eigenvalue weighted by Crippen LogP contribution is 2.31. The highest BCUT2D eigenvalue weighted by molar-refractivity contribution is 9.11. The molecule has 0 spiro atoms. The average molecular weight is 520 g/mol. The third-order valence-electron chi connectivity index (χ3n) is 3.59. The zero-order valence-corrected chi connectivity index (χ0v) is 17.8. The summed E-state index contributed by atoms with van der Waals surface area (Å²) >= 11 is 6.24. The second-order valence-corrected chi connectivity index (χ2v) is 10.7. The van der Waals surface area contributed by atoms with E-state index in [1.807, 2.05) is 12.1 Å². The molecule has 26 heavy (non-hydrogen) atoms. The number of hydrogen-bond acceptors (Lipinski definition) is 5. The van der Waals surface area contributed by atoms with Crippen molar-refractivity contribution in [1.82, 2.24) is 4.13 Å². The number of nitrogens with two attached hydrogens (primary N) is 1. The predicted molar refractivity (Wildman–Crippen MR) is 108 cm³/mol. The Hall–Kier alpha value is -1.46. The van der Waals surface area contributed by atoms with Crippen LogP contribution < -0.4 is 9.86 Å². The van der Waals surface area contributed by atoms with Crippen LogP contribution in [0.3, 0.4) is 0 Å². The van der Waals surface area contributed by atoms with E-state index >= 15 is 0 Å². The van der Waals surface area contributed by atoms with Crippen molar-refractivity contribution in [3.05, 3.63) is 63.5 Å². The molecular formula is C16H12Br2N2O4S2. The number of rotatable bonds is 4. The van der Waals surface area contributed by atoms with Crippen molar-refractivity contribution in [2.24, 2.45) is 0 Å². The lowest BCUT2D eigenvalue weighted by atomic mass is 10.1. The first-order chi connectivity index (χ1) is 12.1. The predicted octanol–water partition coefficient (Wildman–Crippen LogP) is 3.61. The lowest BCUT2D eigenvalue weighted by molar-refractivity contribution is 0.576. The molecule has 0 unspecified atom stereocenters. The molecular weight excluding hydrogens is 508 g/mol. The molecule has 0 bridgehead atoms. The molecule has 10 heteroatoms. The average Bonchev–Trinajstić information content (AvgIpc) is 2.56. The summed E-state index contributed by atoms with van der Waals surface area (Å²) in [5.41, 5.74) is 6.01. The van der Waals surface area contributed by atoms with Gasteiger partial charge in [0.15, 0.2) is 0 Å². The van der Waals surface area contributed by atoms with E-state index in [0.717, 1.165) is 5.39 Å². The summed E-state index contributed by atoms with van der Waals surface area (Å²) in [7, 11) is -8.66. The van der Waals surface area contributed by atoms with Gasteiger partial charge in [0.2, 0.25) is 0 Å². The van der Waals surface area contributed by atoms with Crippen LogP contribution in [0.2, 0.25) is 0 Å². The second kappa shape index (κ2) is 6.93. The van der Waals surface area contributed by atoms with Crippen LogP contribution in [0.1, 0.15) is 0 Å². The van der Waals surface area contributed by atoms with Gasteiger partial charge in [-0.3, -0.25) is 0 Å². The Morgan fingerprint density at radius 3 is 2.12 bits per heavy atom. The molecule has 3 rings (SSSR count). The molecule has 0 radical (unpaired) electrons. The Balaban J connectivity index is 2.04. The highest BCUT2D eigenvalue weighted by Gasteiger charge is 2.27. The SMILES string of the molecule is Nc1cc(Br)c(S(=O)(=O)NS(=O)(=O)c2ccc3ccccc3c2)cc1Br. The van der Waals surface area contributed by atoms with E-state index < -0.39 is 20.0 Å². The molecule has 0 aliphatic heterocycles. The van der Waals surface area contributed by atoms with Crippen LogP contribution >= 0.6 is 31.9 Å². The van der Waals surface area contributed by atoms with Gasteiger partial charge in [0.1, 0.15) is 0 Å². The largest absolute Gasteiger partial charge is 0.398 e. The maximum absolute atomic E-state index is 12.6. The summed E-state index contributed by atoms with van der Waals surface area (Å²) in [6.45, 7) is 0. The van der Waals surface area contributed by atoms with Crippen molar-refractivity contribution in [1.29, 1.82) is 0 Å². The van der Waals surface area contributed by atoms with E-state index in [-0.39, 0.29) is 14.3 Å². The van der Waals surface area contributed by atoms with Crippen LogP contribution in [0.25, 0.3) is 10.8 Å². The van der Waals surface area contributed by atoms with Crippen LogP contribution in [-0.4, -0.2) is 16.8 Å². The van der Waals surface area contributed by atoms with E-state index in [9.17, 15) is 16.8 Å².